The van der Waals surface area contributed by atoms with Crippen molar-refractivity contribution in [1.82, 2.24) is 4.98 Å². The molecule has 1 fully saturated rings. The summed E-state index contributed by atoms with van der Waals surface area (Å²) in [6.45, 7) is -0.0756. The lowest BCUT2D eigenvalue weighted by atomic mass is 10.3. The van der Waals surface area contributed by atoms with Crippen LogP contribution in [0.25, 0.3) is 0 Å². The Balaban J connectivity index is 2.31. The number of carbonyl (C=O) groups excluding carboxylic acids is 2. The van der Waals surface area contributed by atoms with Gasteiger partial charge in [-0.05, 0) is 22.0 Å². The van der Waals surface area contributed by atoms with Gasteiger partial charge in [-0.3, -0.25) is 9.69 Å². The minimum absolute atomic E-state index is 0.0756. The molecule has 1 amide bonds. The number of amides is 1. The lowest BCUT2D eigenvalue weighted by molar-refractivity contribution is -0.117. The summed E-state index contributed by atoms with van der Waals surface area (Å²) in [5.41, 5.74) is 0.210. The highest BCUT2D eigenvalue weighted by Gasteiger charge is 2.39. The molecule has 0 saturated carbocycles. The van der Waals surface area contributed by atoms with Gasteiger partial charge >= 0.3 is 5.97 Å². The molecule has 0 aromatic carbocycles. The summed E-state index contributed by atoms with van der Waals surface area (Å²) in [4.78, 5) is 28.5. The van der Waals surface area contributed by atoms with Gasteiger partial charge in [-0.1, -0.05) is 0 Å². The molecule has 10 heteroatoms. The third-order valence-electron chi connectivity index (χ3n) is 2.99. The summed E-state index contributed by atoms with van der Waals surface area (Å²) in [7, 11) is 2.70. The molecule has 2 heterocycles. The fourth-order valence-corrected chi connectivity index (χ4v) is 3.52. The molecule has 1 atom stereocenters. The third kappa shape index (κ3) is 3.35. The first kappa shape index (κ1) is 16.2. The van der Waals surface area contributed by atoms with Crippen LogP contribution < -0.4 is 4.90 Å². The number of hydrogen-bond donors (Lipinski definition) is 0. The highest BCUT2D eigenvalue weighted by atomic mass is 79.9. The van der Waals surface area contributed by atoms with Crippen molar-refractivity contribution in [2.45, 2.75) is 11.7 Å². The number of anilines is 1. The van der Waals surface area contributed by atoms with Crippen molar-refractivity contribution >= 4 is 53.4 Å². The number of ether oxygens (including phenoxy) is 1. The lowest BCUT2D eigenvalue weighted by Gasteiger charge is -2.16. The maximum atomic E-state index is 11.9. The van der Waals surface area contributed by atoms with Crippen LogP contribution in [0, 0.1) is 0 Å². The van der Waals surface area contributed by atoms with Crippen molar-refractivity contribution in [2.24, 2.45) is 0 Å². The van der Waals surface area contributed by atoms with E-state index in [4.69, 9.17) is 10.7 Å². The number of pyridine rings is 1. The van der Waals surface area contributed by atoms with E-state index in [1.807, 2.05) is 0 Å². The number of rotatable bonds is 3. The maximum Gasteiger partial charge on any atom is 0.339 e. The SMILES string of the molecule is COC(=O)c1cnc(N2CC(S(=O)(=O)Cl)CC2=O)c(Br)c1. The van der Waals surface area contributed by atoms with E-state index in [-0.39, 0.29) is 24.3 Å². The number of hydrogen-bond acceptors (Lipinski definition) is 6. The second-order valence-corrected chi connectivity index (χ2v) is 8.09. The predicted molar refractivity (Wildman–Crippen MR) is 78.8 cm³/mol. The summed E-state index contributed by atoms with van der Waals surface area (Å²) < 4.78 is 27.6. The number of nitrogens with zero attached hydrogens (tertiary/aromatic N) is 2. The Morgan fingerprint density at radius 2 is 2.24 bits per heavy atom. The first-order valence-electron chi connectivity index (χ1n) is 5.71. The van der Waals surface area contributed by atoms with Crippen molar-refractivity contribution in [3.05, 3.63) is 22.3 Å². The molecule has 7 nitrogen and oxygen atoms in total. The van der Waals surface area contributed by atoms with Crippen LogP contribution in [0.3, 0.4) is 0 Å². The van der Waals surface area contributed by atoms with Gasteiger partial charge in [-0.15, -0.1) is 0 Å². The van der Waals surface area contributed by atoms with Gasteiger partial charge < -0.3 is 4.74 Å². The molecule has 1 unspecified atom stereocenters. The van der Waals surface area contributed by atoms with Crippen LogP contribution in [-0.4, -0.2) is 44.2 Å². The quantitative estimate of drug-likeness (QED) is 0.564. The van der Waals surface area contributed by atoms with Crippen LogP contribution in [0.2, 0.25) is 0 Å². The molecule has 2 rings (SSSR count). The zero-order chi connectivity index (χ0) is 15.8. The molecule has 1 aliphatic rings. The average molecular weight is 398 g/mol. The molecule has 1 aromatic heterocycles. The van der Waals surface area contributed by atoms with Crippen molar-refractivity contribution in [2.75, 3.05) is 18.6 Å². The third-order valence-corrected chi connectivity index (χ3v) is 5.44. The molecule has 0 spiro atoms. The number of aromatic nitrogens is 1. The van der Waals surface area contributed by atoms with E-state index in [0.29, 0.717) is 4.47 Å². The summed E-state index contributed by atoms with van der Waals surface area (Å²) in [5.74, 6) is -0.734. The molecule has 114 valence electrons. The van der Waals surface area contributed by atoms with Crippen LogP contribution >= 0.6 is 26.6 Å². The molecule has 0 aliphatic carbocycles. The molecule has 21 heavy (non-hydrogen) atoms. The second kappa shape index (κ2) is 5.90. The zero-order valence-corrected chi connectivity index (χ0v) is 13.9. The van der Waals surface area contributed by atoms with Gasteiger partial charge in [0.2, 0.25) is 15.0 Å². The molecule has 1 aromatic rings. The van der Waals surface area contributed by atoms with E-state index in [1.54, 1.807) is 0 Å². The lowest BCUT2D eigenvalue weighted by Crippen LogP contribution is -2.28. The Labute approximate surface area is 133 Å². The summed E-state index contributed by atoms with van der Waals surface area (Å²) in [6, 6.07) is 1.45. The Bertz CT molecular complexity index is 709. The topological polar surface area (TPSA) is 93.6 Å². The Hall–Kier alpha value is -1.19. The fourth-order valence-electron chi connectivity index (χ4n) is 1.93. The Kier molecular flexibility index (Phi) is 4.54. The Morgan fingerprint density at radius 3 is 2.71 bits per heavy atom. The van der Waals surface area contributed by atoms with Crippen LogP contribution in [0.1, 0.15) is 16.8 Å². The monoisotopic (exact) mass is 396 g/mol. The molecule has 0 N–H and O–H groups in total. The number of carbonyl (C=O) groups is 2. The van der Waals surface area contributed by atoms with Gasteiger partial charge in [0.1, 0.15) is 11.1 Å². The van der Waals surface area contributed by atoms with Crippen molar-refractivity contribution < 1.29 is 22.7 Å². The average Bonchev–Trinajstić information content (AvgIpc) is 2.79. The normalized spacial score (nSPS) is 18.9. The van der Waals surface area contributed by atoms with E-state index >= 15 is 0 Å². The Morgan fingerprint density at radius 1 is 1.57 bits per heavy atom. The second-order valence-electron chi connectivity index (χ2n) is 4.33. The summed E-state index contributed by atoms with van der Waals surface area (Å²) in [6.07, 6.45) is 1.06. The van der Waals surface area contributed by atoms with Crippen LogP contribution in [0.15, 0.2) is 16.7 Å². The first-order chi connectivity index (χ1) is 9.74. The minimum atomic E-state index is -3.82. The molecular weight excluding hydrogens is 388 g/mol. The van der Waals surface area contributed by atoms with Gasteiger partial charge in [0.05, 0.1) is 17.1 Å². The summed E-state index contributed by atoms with van der Waals surface area (Å²) >= 11 is 3.21. The highest BCUT2D eigenvalue weighted by molar-refractivity contribution is 9.10. The molecule has 0 bridgehead atoms. The molecular formula is C11H10BrClN2O5S. The van der Waals surface area contributed by atoms with E-state index in [0.717, 1.165) is 0 Å². The minimum Gasteiger partial charge on any atom is -0.465 e. The first-order valence-corrected chi connectivity index (χ1v) is 8.88. The van der Waals surface area contributed by atoms with E-state index in [9.17, 15) is 18.0 Å². The number of methoxy groups -OCH3 is 1. The molecule has 1 saturated heterocycles. The van der Waals surface area contributed by atoms with Crippen LogP contribution in [0.5, 0.6) is 0 Å². The van der Waals surface area contributed by atoms with Crippen LogP contribution in [0.4, 0.5) is 5.82 Å². The van der Waals surface area contributed by atoms with E-state index in [1.165, 1.54) is 24.3 Å². The molecule has 1 aliphatic heterocycles. The van der Waals surface area contributed by atoms with E-state index in [2.05, 4.69) is 25.7 Å². The number of halogens is 2. The van der Waals surface area contributed by atoms with Gasteiger partial charge in [0.25, 0.3) is 0 Å². The van der Waals surface area contributed by atoms with Crippen molar-refractivity contribution in [1.29, 1.82) is 0 Å². The highest BCUT2D eigenvalue weighted by Crippen LogP contribution is 2.31. The smallest absolute Gasteiger partial charge is 0.339 e. The van der Waals surface area contributed by atoms with Gasteiger partial charge in [0, 0.05) is 29.8 Å². The largest absolute Gasteiger partial charge is 0.465 e. The maximum absolute atomic E-state index is 11.9. The van der Waals surface area contributed by atoms with Gasteiger partial charge in [0.15, 0.2) is 0 Å². The molecule has 0 radical (unpaired) electrons. The summed E-state index contributed by atoms with van der Waals surface area (Å²) in [5, 5.41) is -0.972. The van der Waals surface area contributed by atoms with Gasteiger partial charge in [-0.25, -0.2) is 18.2 Å². The van der Waals surface area contributed by atoms with Crippen molar-refractivity contribution in [3.63, 3.8) is 0 Å². The van der Waals surface area contributed by atoms with E-state index < -0.39 is 26.2 Å². The van der Waals surface area contributed by atoms with Gasteiger partial charge in [-0.2, -0.15) is 0 Å². The van der Waals surface area contributed by atoms with Crippen LogP contribution in [-0.2, 0) is 18.6 Å². The fraction of sp³-hybridized carbons (Fsp3) is 0.364. The predicted octanol–water partition coefficient (Wildman–Crippen LogP) is 1.30. The standard InChI is InChI=1S/C11H10BrClN2O5S/c1-20-11(17)6-2-8(12)10(14-4-6)15-5-7(3-9(15)16)21(13,18)19/h2,4,7H,3,5H2,1H3. The van der Waals surface area contributed by atoms with Crippen molar-refractivity contribution in [3.8, 4) is 0 Å². The number of esters is 1. The zero-order valence-electron chi connectivity index (χ0n) is 10.7.